The van der Waals surface area contributed by atoms with E-state index in [1.807, 2.05) is 70.7 Å². The molecule has 1 aromatic carbocycles. The number of ether oxygens (including phenoxy) is 4. The van der Waals surface area contributed by atoms with Crippen LogP contribution >= 0.6 is 0 Å². The van der Waals surface area contributed by atoms with Crippen LogP contribution in [0.25, 0.3) is 0 Å². The van der Waals surface area contributed by atoms with Crippen LogP contribution in [0.15, 0.2) is 41.4 Å². The lowest BCUT2D eigenvalue weighted by molar-refractivity contribution is -0.301. The van der Waals surface area contributed by atoms with Crippen molar-refractivity contribution in [2.75, 3.05) is 27.2 Å². The number of primary sulfonamides is 1. The third-order valence-corrected chi connectivity index (χ3v) is 16.5. The van der Waals surface area contributed by atoms with Gasteiger partial charge in [0.2, 0.25) is 10.0 Å². The standard InChI is InChI=1S/C50H83FN6O12S/c1-14-19-48(9)24-39(67-33(8)44(48)60)41-30(5)45(49(10,62)23-28(3)25-56(13)32(7)43(59)50(11,63)40(15-2)68-46(61)31(41)6)69-47-42(58)38(21-29(4)66-47)55(12)20-18-35-27-57(54-53-35)26-34-16-17-36(22-37(34)51)70(52,64)65/h14,16-17,19,22,27-33,38-45,47,58-60,62-63H,15,18,20-21,23-26H2,1-13H3,(H2,52,64,65)/b19-14+/t28-,29-,30+,31-,32-,33+,38+,39?,40-,41+,42-,43-,44+,45-,47+,48-,49-,50-/m1/s1. The fraction of sp³-hybridized carbons (Fsp3) is 0.780. The molecule has 3 aliphatic rings. The predicted molar refractivity (Wildman–Crippen MR) is 260 cm³/mol. The number of carbonyl (C=O) groups is 1. The van der Waals surface area contributed by atoms with E-state index in [-0.39, 0.29) is 35.8 Å². The summed E-state index contributed by atoms with van der Waals surface area (Å²) in [6.45, 7) is 20.7. The zero-order valence-corrected chi connectivity index (χ0v) is 44.3. The summed E-state index contributed by atoms with van der Waals surface area (Å²) in [6, 6.07) is 2.39. The summed E-state index contributed by atoms with van der Waals surface area (Å²) >= 11 is 0. The summed E-state index contributed by atoms with van der Waals surface area (Å²) < 4.78 is 65.9. The highest BCUT2D eigenvalue weighted by Gasteiger charge is 2.54. The largest absolute Gasteiger partial charge is 0.459 e. The van der Waals surface area contributed by atoms with Crippen molar-refractivity contribution in [1.82, 2.24) is 24.8 Å². The summed E-state index contributed by atoms with van der Waals surface area (Å²) in [7, 11) is -0.365. The number of nitrogens with two attached hydrogens (primary N) is 1. The van der Waals surface area contributed by atoms with Crippen LogP contribution in [-0.4, -0.2) is 170 Å². The number of benzene rings is 1. The molecule has 3 fully saturated rings. The van der Waals surface area contributed by atoms with Crippen LogP contribution in [0, 0.1) is 34.9 Å². The summed E-state index contributed by atoms with van der Waals surface area (Å²) in [6.07, 6.45) is -1.41. The zero-order chi connectivity index (χ0) is 52.4. The molecule has 0 radical (unpaired) electrons. The number of aliphatic hydroxyl groups is 5. The molecule has 4 heterocycles. The second-order valence-electron chi connectivity index (χ2n) is 21.7. The van der Waals surface area contributed by atoms with E-state index >= 15 is 0 Å². The molecule has 1 aromatic heterocycles. The van der Waals surface area contributed by atoms with Gasteiger partial charge >= 0.3 is 5.97 Å². The van der Waals surface area contributed by atoms with Crippen LogP contribution in [0.1, 0.15) is 113 Å². The minimum Gasteiger partial charge on any atom is -0.459 e. The molecule has 0 amide bonds. The summed E-state index contributed by atoms with van der Waals surface area (Å²) in [5.41, 5.74) is -3.39. The molecule has 3 aliphatic heterocycles. The number of esters is 1. The summed E-state index contributed by atoms with van der Waals surface area (Å²) in [5.74, 6) is -3.91. The monoisotopic (exact) mass is 1010 g/mol. The first-order valence-corrected chi connectivity index (χ1v) is 26.4. The maximum atomic E-state index is 14.8. The average molecular weight is 1010 g/mol. The lowest BCUT2D eigenvalue weighted by Gasteiger charge is -2.51. The SMILES string of the molecule is C/C=C/[C@]1(C)CC([C@H]2[C@H](C)[C@@H](O[C@@H]3O[C@H](C)C[C@H](N(C)CCc4cn(Cc5ccc(S(N)(=O)=O)cc5F)nn4)[C@H]3O)[C@](C)(O)C[C@@H](C)CN(C)[C@H](C)[C@@H](O)[C@](C)(O)[C@@H](CC)OC(=O)[C@@H]2C)O[C@@H](C)[C@@H]1O. The van der Waals surface area contributed by atoms with E-state index in [0.717, 1.165) is 6.07 Å². The Kier molecular flexibility index (Phi) is 19.1. The van der Waals surface area contributed by atoms with Gasteiger partial charge in [0.05, 0.1) is 59.2 Å². The van der Waals surface area contributed by atoms with E-state index in [1.165, 1.54) is 23.7 Å². The molecule has 0 aliphatic carbocycles. The van der Waals surface area contributed by atoms with Crippen molar-refractivity contribution in [2.24, 2.45) is 34.2 Å². The van der Waals surface area contributed by atoms with Gasteiger partial charge in [0.1, 0.15) is 29.7 Å². The third kappa shape index (κ3) is 13.2. The fourth-order valence-electron chi connectivity index (χ4n) is 11.6. The Labute approximate surface area is 414 Å². The van der Waals surface area contributed by atoms with Gasteiger partial charge in [0, 0.05) is 54.7 Å². The van der Waals surface area contributed by atoms with Gasteiger partial charge in [-0.1, -0.05) is 58.1 Å². The zero-order valence-electron chi connectivity index (χ0n) is 43.5. The highest BCUT2D eigenvalue weighted by molar-refractivity contribution is 7.89. The summed E-state index contributed by atoms with van der Waals surface area (Å²) in [4.78, 5) is 18.2. The van der Waals surface area contributed by atoms with Gasteiger partial charge in [-0.2, -0.15) is 0 Å². The minimum absolute atomic E-state index is 0.000999. The molecule has 70 heavy (non-hydrogen) atoms. The number of hydrogen-bond donors (Lipinski definition) is 6. The topological polar surface area (TPSA) is 252 Å². The van der Waals surface area contributed by atoms with Crippen molar-refractivity contribution in [3.8, 4) is 0 Å². The van der Waals surface area contributed by atoms with Crippen LogP contribution in [0.5, 0.6) is 0 Å². The number of allylic oxidation sites excluding steroid dienone is 1. The molecule has 18 atom stereocenters. The summed E-state index contributed by atoms with van der Waals surface area (Å²) in [5, 5.41) is 73.8. The molecule has 20 heteroatoms. The smallest absolute Gasteiger partial charge is 0.309 e. The van der Waals surface area contributed by atoms with Crippen LogP contribution in [0.2, 0.25) is 0 Å². The highest BCUT2D eigenvalue weighted by atomic mass is 32.2. The van der Waals surface area contributed by atoms with Crippen LogP contribution in [0.4, 0.5) is 4.39 Å². The molecule has 0 spiro atoms. The lowest BCUT2D eigenvalue weighted by Crippen LogP contribution is -2.60. The Morgan fingerprint density at radius 1 is 1.04 bits per heavy atom. The van der Waals surface area contributed by atoms with Crippen molar-refractivity contribution in [2.45, 2.75) is 198 Å². The molecule has 398 valence electrons. The van der Waals surface area contributed by atoms with Crippen molar-refractivity contribution >= 4 is 16.0 Å². The van der Waals surface area contributed by atoms with Crippen molar-refractivity contribution < 1.29 is 62.1 Å². The van der Waals surface area contributed by atoms with Crippen LogP contribution in [0.3, 0.4) is 0 Å². The maximum Gasteiger partial charge on any atom is 0.309 e. The normalized spacial score (nSPS) is 40.2. The lowest BCUT2D eigenvalue weighted by atomic mass is 9.66. The van der Waals surface area contributed by atoms with E-state index in [4.69, 9.17) is 24.1 Å². The number of aromatic nitrogens is 3. The number of sulfonamides is 1. The molecule has 3 saturated heterocycles. The molecular weight excluding hydrogens is 928 g/mol. The Morgan fingerprint density at radius 3 is 2.33 bits per heavy atom. The van der Waals surface area contributed by atoms with Gasteiger partial charge < -0.3 is 54.3 Å². The van der Waals surface area contributed by atoms with Gasteiger partial charge in [0.25, 0.3) is 0 Å². The Morgan fingerprint density at radius 2 is 1.71 bits per heavy atom. The first-order valence-electron chi connectivity index (χ1n) is 24.9. The Bertz CT molecular complexity index is 2200. The Balaban J connectivity index is 1.47. The van der Waals surface area contributed by atoms with E-state index < -0.39 is 123 Å². The Hall–Kier alpha value is -2.99. The van der Waals surface area contributed by atoms with Gasteiger partial charge in [-0.25, -0.2) is 22.6 Å². The molecule has 1 unspecified atom stereocenters. The molecule has 2 aromatic rings. The molecule has 0 bridgehead atoms. The molecular formula is C50H83FN6O12S. The molecule has 7 N–H and O–H groups in total. The number of rotatable bonds is 12. The predicted octanol–water partition coefficient (Wildman–Crippen LogP) is 3.39. The second-order valence-corrected chi connectivity index (χ2v) is 23.3. The maximum absolute atomic E-state index is 14.8. The highest BCUT2D eigenvalue weighted by Crippen LogP contribution is 2.47. The average Bonchev–Trinajstić information content (AvgIpc) is 3.72. The van der Waals surface area contributed by atoms with E-state index in [9.17, 15) is 43.1 Å². The first kappa shape index (κ1) is 57.9. The number of cyclic esters (lactones) is 1. The number of carbonyl (C=O) groups excluding carboxylic acids is 1. The number of halogens is 1. The van der Waals surface area contributed by atoms with E-state index in [0.29, 0.717) is 38.0 Å². The van der Waals surface area contributed by atoms with Crippen LogP contribution < -0.4 is 5.14 Å². The quantitative estimate of drug-likeness (QED) is 0.132. The third-order valence-electron chi connectivity index (χ3n) is 15.6. The molecule has 18 nitrogen and oxygen atoms in total. The number of aliphatic hydroxyl groups excluding tert-OH is 3. The van der Waals surface area contributed by atoms with E-state index in [1.54, 1.807) is 40.8 Å². The molecule has 5 rings (SSSR count). The van der Waals surface area contributed by atoms with E-state index in [2.05, 4.69) is 10.3 Å². The number of likely N-dealkylation sites (N-methyl/N-ethyl adjacent to an activating group) is 2. The van der Waals surface area contributed by atoms with Gasteiger partial charge in [-0.3, -0.25) is 4.79 Å². The van der Waals surface area contributed by atoms with Gasteiger partial charge in [-0.05, 0) is 105 Å². The number of nitrogens with zero attached hydrogens (tertiary/aromatic N) is 5. The van der Waals surface area contributed by atoms with Crippen LogP contribution in [-0.2, 0) is 46.7 Å². The van der Waals surface area contributed by atoms with Crippen molar-refractivity contribution in [3.05, 3.63) is 53.6 Å². The van der Waals surface area contributed by atoms with Gasteiger partial charge in [-0.15, -0.1) is 5.10 Å². The first-order chi connectivity index (χ1) is 32.4. The number of hydrogen-bond acceptors (Lipinski definition) is 16. The fourth-order valence-corrected chi connectivity index (χ4v) is 12.1. The van der Waals surface area contributed by atoms with Gasteiger partial charge in [0.15, 0.2) is 6.29 Å². The molecule has 0 saturated carbocycles. The van der Waals surface area contributed by atoms with Crippen molar-refractivity contribution in [3.63, 3.8) is 0 Å². The second kappa shape index (κ2) is 23.1. The minimum atomic E-state index is -4.07. The van der Waals surface area contributed by atoms with Crippen molar-refractivity contribution in [1.29, 1.82) is 0 Å².